The molecule has 1 saturated heterocycles. The van der Waals surface area contributed by atoms with Gasteiger partial charge in [-0.05, 0) is 22.4 Å². The van der Waals surface area contributed by atoms with Gasteiger partial charge in [-0.1, -0.05) is 29.8 Å². The molecule has 0 radical (unpaired) electrons. The van der Waals surface area contributed by atoms with Gasteiger partial charge in [-0.25, -0.2) is 0 Å². The van der Waals surface area contributed by atoms with Gasteiger partial charge in [0.25, 0.3) is 0 Å². The molecule has 134 valence electrons. The van der Waals surface area contributed by atoms with Crippen molar-refractivity contribution in [3.05, 3.63) is 51.8 Å². The van der Waals surface area contributed by atoms with Gasteiger partial charge in [0, 0.05) is 26.7 Å². The lowest BCUT2D eigenvalue weighted by atomic mass is 10.0. The molecule has 2 heterocycles. The molecule has 0 amide bonds. The van der Waals surface area contributed by atoms with Crippen LogP contribution in [0.15, 0.2) is 30.6 Å². The predicted molar refractivity (Wildman–Crippen MR) is 94.7 cm³/mol. The summed E-state index contributed by atoms with van der Waals surface area (Å²) in [6, 6.07) is 8.53. The number of nitro groups is 1. The standard InChI is InChI=1S/C17H23N5O3/c1-13-3-5-14(6-4-13)15(21-7-9-25-10-8-21)11-18-16-17(22(23)24)19-12-20(16)2/h3-6,12,15,18H,7-11H2,1-2H3. The van der Waals surface area contributed by atoms with Crippen molar-refractivity contribution in [3.8, 4) is 0 Å². The van der Waals surface area contributed by atoms with E-state index in [0.717, 1.165) is 13.1 Å². The Balaban J connectivity index is 1.81. The monoisotopic (exact) mass is 345 g/mol. The molecule has 0 aliphatic carbocycles. The Kier molecular flexibility index (Phi) is 5.30. The van der Waals surface area contributed by atoms with Gasteiger partial charge in [-0.2, -0.15) is 0 Å². The fraction of sp³-hybridized carbons (Fsp3) is 0.471. The van der Waals surface area contributed by atoms with Gasteiger partial charge < -0.3 is 20.2 Å². The lowest BCUT2D eigenvalue weighted by Gasteiger charge is -2.35. The van der Waals surface area contributed by atoms with Crippen LogP contribution in [0.2, 0.25) is 0 Å². The number of ether oxygens (including phenoxy) is 1. The van der Waals surface area contributed by atoms with Crippen molar-refractivity contribution in [2.45, 2.75) is 13.0 Å². The maximum Gasteiger partial charge on any atom is 0.406 e. The molecule has 25 heavy (non-hydrogen) atoms. The third-order valence-corrected chi connectivity index (χ3v) is 4.50. The van der Waals surface area contributed by atoms with Gasteiger partial charge in [-0.3, -0.25) is 9.47 Å². The van der Waals surface area contributed by atoms with E-state index in [0.29, 0.717) is 25.6 Å². The van der Waals surface area contributed by atoms with Crippen LogP contribution in [0.1, 0.15) is 17.2 Å². The Labute approximate surface area is 146 Å². The number of rotatable bonds is 6. The average molecular weight is 345 g/mol. The number of aryl methyl sites for hydroxylation is 2. The molecule has 1 aromatic heterocycles. The van der Waals surface area contributed by atoms with Crippen molar-refractivity contribution >= 4 is 11.6 Å². The summed E-state index contributed by atoms with van der Waals surface area (Å²) in [5, 5.41) is 14.4. The average Bonchev–Trinajstić information content (AvgIpc) is 2.99. The van der Waals surface area contributed by atoms with E-state index in [-0.39, 0.29) is 11.9 Å². The zero-order valence-corrected chi connectivity index (χ0v) is 14.5. The van der Waals surface area contributed by atoms with E-state index in [1.54, 1.807) is 11.6 Å². The van der Waals surface area contributed by atoms with Crippen molar-refractivity contribution in [2.24, 2.45) is 7.05 Å². The van der Waals surface area contributed by atoms with Gasteiger partial charge in [0.1, 0.15) is 0 Å². The molecule has 0 bridgehead atoms. The lowest BCUT2D eigenvalue weighted by molar-refractivity contribution is -0.388. The molecule has 1 aliphatic rings. The number of hydrogen-bond acceptors (Lipinski definition) is 6. The highest BCUT2D eigenvalue weighted by Gasteiger charge is 2.25. The zero-order chi connectivity index (χ0) is 17.8. The number of aromatic nitrogens is 2. The molecule has 1 aliphatic heterocycles. The fourth-order valence-electron chi connectivity index (χ4n) is 3.08. The van der Waals surface area contributed by atoms with Gasteiger partial charge in [0.2, 0.25) is 12.1 Å². The van der Waals surface area contributed by atoms with E-state index < -0.39 is 4.92 Å². The quantitative estimate of drug-likeness (QED) is 0.638. The Bertz CT molecular complexity index is 722. The van der Waals surface area contributed by atoms with Crippen LogP contribution in [0.25, 0.3) is 0 Å². The van der Waals surface area contributed by atoms with E-state index in [1.807, 2.05) is 0 Å². The number of nitrogens with one attached hydrogen (secondary N) is 1. The largest absolute Gasteiger partial charge is 0.406 e. The van der Waals surface area contributed by atoms with Crippen molar-refractivity contribution in [3.63, 3.8) is 0 Å². The first-order valence-electron chi connectivity index (χ1n) is 8.34. The number of nitrogens with zero attached hydrogens (tertiary/aromatic N) is 4. The van der Waals surface area contributed by atoms with E-state index >= 15 is 0 Å². The first kappa shape index (κ1) is 17.4. The maximum atomic E-state index is 11.2. The minimum atomic E-state index is -0.460. The van der Waals surface area contributed by atoms with Crippen molar-refractivity contribution < 1.29 is 9.66 Å². The number of imidazole rings is 1. The summed E-state index contributed by atoms with van der Waals surface area (Å²) < 4.78 is 7.10. The Hall–Kier alpha value is -2.45. The summed E-state index contributed by atoms with van der Waals surface area (Å²) in [5.74, 6) is 0.280. The van der Waals surface area contributed by atoms with Crippen molar-refractivity contribution in [1.29, 1.82) is 0 Å². The first-order valence-corrected chi connectivity index (χ1v) is 8.34. The predicted octanol–water partition coefficient (Wildman–Crippen LogP) is 2.12. The molecule has 1 N–H and O–H groups in total. The van der Waals surface area contributed by atoms with Crippen LogP contribution in [-0.4, -0.2) is 52.2 Å². The highest BCUT2D eigenvalue weighted by molar-refractivity contribution is 5.52. The number of benzene rings is 1. The van der Waals surface area contributed by atoms with Crippen molar-refractivity contribution in [1.82, 2.24) is 14.5 Å². The van der Waals surface area contributed by atoms with Gasteiger partial charge in [0.15, 0.2) is 0 Å². The fourth-order valence-corrected chi connectivity index (χ4v) is 3.08. The molecular formula is C17H23N5O3. The molecule has 0 saturated carbocycles. The molecule has 8 heteroatoms. The summed E-state index contributed by atoms with van der Waals surface area (Å²) in [7, 11) is 1.75. The van der Waals surface area contributed by atoms with Crippen LogP contribution >= 0.6 is 0 Å². The summed E-state index contributed by atoms with van der Waals surface area (Å²) in [6.07, 6.45) is 1.45. The second-order valence-electron chi connectivity index (χ2n) is 6.24. The van der Waals surface area contributed by atoms with E-state index in [4.69, 9.17) is 4.74 Å². The SMILES string of the molecule is Cc1ccc(C(CNc2c([N+](=O)[O-])ncn2C)N2CCOCC2)cc1. The molecule has 1 aromatic carbocycles. The highest BCUT2D eigenvalue weighted by atomic mass is 16.6. The van der Waals surface area contributed by atoms with E-state index in [2.05, 4.69) is 46.4 Å². The minimum absolute atomic E-state index is 0.110. The Morgan fingerprint density at radius 1 is 1.32 bits per heavy atom. The molecule has 1 unspecified atom stereocenters. The second kappa shape index (κ2) is 7.62. The summed E-state index contributed by atoms with van der Waals surface area (Å²) in [5.41, 5.74) is 2.39. The number of morpholine rings is 1. The van der Waals surface area contributed by atoms with E-state index in [9.17, 15) is 10.1 Å². The summed E-state index contributed by atoms with van der Waals surface area (Å²) in [6.45, 7) is 5.71. The molecule has 1 fully saturated rings. The normalized spacial score (nSPS) is 16.6. The topological polar surface area (TPSA) is 85.5 Å². The second-order valence-corrected chi connectivity index (χ2v) is 6.24. The number of anilines is 1. The van der Waals surface area contributed by atoms with Crippen LogP contribution in [0.5, 0.6) is 0 Å². The summed E-state index contributed by atoms with van der Waals surface area (Å²) >= 11 is 0. The molecule has 8 nitrogen and oxygen atoms in total. The minimum Gasteiger partial charge on any atom is -0.379 e. The van der Waals surface area contributed by atoms with Gasteiger partial charge >= 0.3 is 5.82 Å². The summed E-state index contributed by atoms with van der Waals surface area (Å²) in [4.78, 5) is 16.9. The number of hydrogen-bond donors (Lipinski definition) is 1. The van der Waals surface area contributed by atoms with Crippen LogP contribution in [0.3, 0.4) is 0 Å². The molecular weight excluding hydrogens is 322 g/mol. The van der Waals surface area contributed by atoms with E-state index in [1.165, 1.54) is 17.5 Å². The van der Waals surface area contributed by atoms with Gasteiger partial charge in [-0.15, -0.1) is 0 Å². The van der Waals surface area contributed by atoms with Crippen LogP contribution < -0.4 is 5.32 Å². The highest BCUT2D eigenvalue weighted by Crippen LogP contribution is 2.26. The van der Waals surface area contributed by atoms with Crippen LogP contribution in [-0.2, 0) is 11.8 Å². The third-order valence-electron chi connectivity index (χ3n) is 4.50. The van der Waals surface area contributed by atoms with Gasteiger partial charge in [0.05, 0.1) is 19.3 Å². The third kappa shape index (κ3) is 3.97. The lowest BCUT2D eigenvalue weighted by Crippen LogP contribution is -2.41. The van der Waals surface area contributed by atoms with Crippen molar-refractivity contribution in [2.75, 3.05) is 38.2 Å². The first-order chi connectivity index (χ1) is 12.1. The zero-order valence-electron chi connectivity index (χ0n) is 14.5. The Morgan fingerprint density at radius 3 is 2.64 bits per heavy atom. The van der Waals surface area contributed by atoms with Crippen LogP contribution in [0.4, 0.5) is 11.6 Å². The molecule has 3 rings (SSSR count). The smallest absolute Gasteiger partial charge is 0.379 e. The molecule has 0 spiro atoms. The molecule has 2 aromatic rings. The van der Waals surface area contributed by atoms with Crippen LogP contribution in [0, 0.1) is 17.0 Å². The molecule has 1 atom stereocenters. The maximum absolute atomic E-state index is 11.2. The Morgan fingerprint density at radius 2 is 2.00 bits per heavy atom.